The summed E-state index contributed by atoms with van der Waals surface area (Å²) in [6.07, 6.45) is 2.21. The van der Waals surface area contributed by atoms with Gasteiger partial charge in [-0.15, -0.1) is 0 Å². The molecule has 3 heteroatoms. The predicted octanol–water partition coefficient (Wildman–Crippen LogP) is 2.48. The van der Waals surface area contributed by atoms with Crippen molar-refractivity contribution in [3.05, 3.63) is 29.3 Å². The van der Waals surface area contributed by atoms with Crippen molar-refractivity contribution in [1.82, 2.24) is 10.2 Å². The van der Waals surface area contributed by atoms with Crippen molar-refractivity contribution >= 4 is 0 Å². The summed E-state index contributed by atoms with van der Waals surface area (Å²) in [5.41, 5.74) is 3.17. The van der Waals surface area contributed by atoms with Gasteiger partial charge in [-0.1, -0.05) is 32.9 Å². The van der Waals surface area contributed by atoms with E-state index < -0.39 is 0 Å². The smallest absolute Gasteiger partial charge is 0.122 e. The lowest BCUT2D eigenvalue weighted by molar-refractivity contribution is 0.0766. The number of nitrogens with one attached hydrogen (secondary N) is 1. The first-order valence-corrected chi connectivity index (χ1v) is 8.23. The summed E-state index contributed by atoms with van der Waals surface area (Å²) in [6.45, 7) is 12.5. The number of rotatable bonds is 3. The fourth-order valence-electron chi connectivity index (χ4n) is 3.54. The molecular weight excluding hydrogens is 260 g/mol. The predicted molar refractivity (Wildman–Crippen MR) is 87.0 cm³/mol. The zero-order valence-corrected chi connectivity index (χ0v) is 13.6. The third-order valence-corrected chi connectivity index (χ3v) is 4.80. The Kier molecular flexibility index (Phi) is 4.23. The van der Waals surface area contributed by atoms with E-state index in [0.717, 1.165) is 51.4 Å². The summed E-state index contributed by atoms with van der Waals surface area (Å²) < 4.78 is 5.59. The Labute approximate surface area is 128 Å². The van der Waals surface area contributed by atoms with Crippen LogP contribution in [-0.2, 0) is 12.8 Å². The van der Waals surface area contributed by atoms with Crippen LogP contribution in [-0.4, -0.2) is 43.7 Å². The second kappa shape index (κ2) is 5.98. The molecule has 0 aliphatic carbocycles. The maximum atomic E-state index is 5.59. The number of fused-ring (bicyclic) bond motifs is 1. The number of piperazine rings is 1. The Bertz CT molecular complexity index is 492. The molecule has 116 valence electrons. The van der Waals surface area contributed by atoms with Crippen LogP contribution in [0.4, 0.5) is 0 Å². The van der Waals surface area contributed by atoms with Gasteiger partial charge in [0.1, 0.15) is 5.75 Å². The van der Waals surface area contributed by atoms with Gasteiger partial charge < -0.3 is 10.1 Å². The van der Waals surface area contributed by atoms with E-state index >= 15 is 0 Å². The Morgan fingerprint density at radius 3 is 3.00 bits per heavy atom. The van der Waals surface area contributed by atoms with Crippen LogP contribution in [0, 0.1) is 5.41 Å². The van der Waals surface area contributed by atoms with Crippen molar-refractivity contribution in [2.45, 2.75) is 39.7 Å². The van der Waals surface area contributed by atoms with E-state index in [9.17, 15) is 0 Å². The highest BCUT2D eigenvalue weighted by molar-refractivity contribution is 5.39. The summed E-state index contributed by atoms with van der Waals surface area (Å²) in [6, 6.07) is 7.36. The molecule has 0 aromatic heterocycles. The first-order valence-electron chi connectivity index (χ1n) is 8.23. The van der Waals surface area contributed by atoms with Gasteiger partial charge in [0.25, 0.3) is 0 Å². The van der Waals surface area contributed by atoms with Crippen LogP contribution >= 0.6 is 0 Å². The van der Waals surface area contributed by atoms with Gasteiger partial charge in [-0.3, -0.25) is 4.90 Å². The second-order valence-corrected chi connectivity index (χ2v) is 7.41. The lowest BCUT2D eigenvalue weighted by Crippen LogP contribution is -2.56. The van der Waals surface area contributed by atoms with Gasteiger partial charge in [0.05, 0.1) is 6.61 Å². The van der Waals surface area contributed by atoms with Crippen LogP contribution in [0.2, 0.25) is 0 Å². The number of benzene rings is 1. The zero-order valence-electron chi connectivity index (χ0n) is 13.6. The molecule has 2 heterocycles. The molecule has 1 aromatic carbocycles. The van der Waals surface area contributed by atoms with Crippen LogP contribution in [0.3, 0.4) is 0 Å². The van der Waals surface area contributed by atoms with Crippen LogP contribution in [0.15, 0.2) is 18.2 Å². The van der Waals surface area contributed by atoms with Crippen molar-refractivity contribution in [3.8, 4) is 5.75 Å². The Hall–Kier alpha value is -1.06. The van der Waals surface area contributed by atoms with Crippen molar-refractivity contribution in [3.63, 3.8) is 0 Å². The molecule has 3 nitrogen and oxygen atoms in total. The first kappa shape index (κ1) is 14.9. The van der Waals surface area contributed by atoms with Gasteiger partial charge in [-0.2, -0.15) is 0 Å². The van der Waals surface area contributed by atoms with Crippen LogP contribution in [0.25, 0.3) is 0 Å². The monoisotopic (exact) mass is 288 g/mol. The van der Waals surface area contributed by atoms with E-state index in [1.807, 2.05) is 0 Å². The molecule has 3 rings (SSSR count). The molecule has 2 aliphatic heterocycles. The fraction of sp³-hybridized carbons (Fsp3) is 0.667. The molecule has 0 spiro atoms. The second-order valence-electron chi connectivity index (χ2n) is 7.41. The fourth-order valence-corrected chi connectivity index (χ4v) is 3.54. The van der Waals surface area contributed by atoms with E-state index in [2.05, 4.69) is 49.2 Å². The Morgan fingerprint density at radius 2 is 2.19 bits per heavy atom. The van der Waals surface area contributed by atoms with E-state index in [4.69, 9.17) is 4.74 Å². The van der Waals surface area contributed by atoms with Gasteiger partial charge in [-0.05, 0) is 29.0 Å². The van der Waals surface area contributed by atoms with Gasteiger partial charge in [0, 0.05) is 38.6 Å². The molecule has 21 heavy (non-hydrogen) atoms. The topological polar surface area (TPSA) is 24.5 Å². The van der Waals surface area contributed by atoms with Gasteiger partial charge in [-0.25, -0.2) is 0 Å². The van der Waals surface area contributed by atoms with Crippen molar-refractivity contribution in [2.75, 3.05) is 32.8 Å². The van der Waals surface area contributed by atoms with Crippen molar-refractivity contribution < 1.29 is 4.74 Å². The zero-order chi connectivity index (χ0) is 14.9. The van der Waals surface area contributed by atoms with E-state index in [1.165, 1.54) is 11.1 Å². The van der Waals surface area contributed by atoms with Crippen LogP contribution in [0.5, 0.6) is 5.75 Å². The molecule has 0 radical (unpaired) electrons. The summed E-state index contributed by atoms with van der Waals surface area (Å²) >= 11 is 0. The largest absolute Gasteiger partial charge is 0.493 e. The molecule has 1 aromatic rings. The maximum Gasteiger partial charge on any atom is 0.122 e. The van der Waals surface area contributed by atoms with Crippen LogP contribution in [0.1, 0.15) is 31.9 Å². The Morgan fingerprint density at radius 1 is 1.33 bits per heavy atom. The number of hydrogen-bond acceptors (Lipinski definition) is 3. The summed E-state index contributed by atoms with van der Waals surface area (Å²) in [4.78, 5) is 2.67. The summed E-state index contributed by atoms with van der Waals surface area (Å²) in [5, 5.41) is 3.55. The van der Waals surface area contributed by atoms with E-state index in [0.29, 0.717) is 11.5 Å². The number of nitrogens with zero attached hydrogens (tertiary/aromatic N) is 1. The van der Waals surface area contributed by atoms with Crippen LogP contribution < -0.4 is 10.1 Å². The normalized spacial score (nSPS) is 22.9. The third kappa shape index (κ3) is 3.41. The average Bonchev–Trinajstić information content (AvgIpc) is 2.92. The molecular formula is C18H28N2O. The third-order valence-electron chi connectivity index (χ3n) is 4.80. The SMILES string of the molecule is CC(C)(C)C1CNCCN1CCc1ccc2c(c1)CCO2. The molecule has 0 saturated carbocycles. The maximum absolute atomic E-state index is 5.59. The van der Waals surface area contributed by atoms with Crippen molar-refractivity contribution in [2.24, 2.45) is 5.41 Å². The van der Waals surface area contributed by atoms with Gasteiger partial charge in [0.2, 0.25) is 0 Å². The molecule has 1 atom stereocenters. The highest BCUT2D eigenvalue weighted by Crippen LogP contribution is 2.28. The lowest BCUT2D eigenvalue weighted by atomic mass is 9.84. The number of ether oxygens (including phenoxy) is 1. The quantitative estimate of drug-likeness (QED) is 0.925. The average molecular weight is 288 g/mol. The molecule has 1 saturated heterocycles. The minimum Gasteiger partial charge on any atom is -0.493 e. The molecule has 2 aliphatic rings. The van der Waals surface area contributed by atoms with Crippen molar-refractivity contribution in [1.29, 1.82) is 0 Å². The molecule has 1 fully saturated rings. The minimum atomic E-state index is 0.333. The first-order chi connectivity index (χ1) is 10.0. The van der Waals surface area contributed by atoms with E-state index in [-0.39, 0.29) is 0 Å². The van der Waals surface area contributed by atoms with Gasteiger partial charge in [0.15, 0.2) is 0 Å². The number of hydrogen-bond donors (Lipinski definition) is 1. The summed E-state index contributed by atoms with van der Waals surface area (Å²) in [7, 11) is 0. The minimum absolute atomic E-state index is 0.333. The lowest BCUT2D eigenvalue weighted by Gasteiger charge is -2.43. The molecule has 0 bridgehead atoms. The highest BCUT2D eigenvalue weighted by Gasteiger charge is 2.31. The van der Waals surface area contributed by atoms with E-state index in [1.54, 1.807) is 0 Å². The highest BCUT2D eigenvalue weighted by atomic mass is 16.5. The Balaban J connectivity index is 1.63. The van der Waals surface area contributed by atoms with Gasteiger partial charge >= 0.3 is 0 Å². The molecule has 1 unspecified atom stereocenters. The molecule has 0 amide bonds. The standard InChI is InChI=1S/C18H28N2O/c1-18(2,3)17-13-19-8-10-20(17)9-6-14-4-5-16-15(12-14)7-11-21-16/h4-5,12,17,19H,6-11,13H2,1-3H3. The molecule has 1 N–H and O–H groups in total. The summed E-state index contributed by atoms with van der Waals surface area (Å²) in [5.74, 6) is 1.09.